The van der Waals surface area contributed by atoms with Gasteiger partial charge in [0.1, 0.15) is 5.60 Å². The summed E-state index contributed by atoms with van der Waals surface area (Å²) in [7, 11) is 0. The molecule has 1 N–H and O–H groups in total. The van der Waals surface area contributed by atoms with Gasteiger partial charge in [-0.05, 0) is 74.2 Å². The maximum Gasteiger partial charge on any atom is 0.168 e. The van der Waals surface area contributed by atoms with Crippen LogP contribution < -0.4 is 0 Å². The van der Waals surface area contributed by atoms with Gasteiger partial charge >= 0.3 is 0 Å². The van der Waals surface area contributed by atoms with E-state index in [1.807, 2.05) is 0 Å². The van der Waals surface area contributed by atoms with Crippen molar-refractivity contribution in [3.8, 4) is 0 Å². The van der Waals surface area contributed by atoms with Crippen molar-refractivity contribution in [2.75, 3.05) is 0 Å². The second-order valence-corrected chi connectivity index (χ2v) is 8.88. The number of carbonyl (C=O) groups is 1. The molecular formula is C20H30O2. The van der Waals surface area contributed by atoms with Crippen LogP contribution in [0, 0.1) is 28.6 Å². The number of hydrogen-bond acceptors (Lipinski definition) is 2. The Kier molecular flexibility index (Phi) is 3.49. The highest BCUT2D eigenvalue weighted by Gasteiger charge is 2.58. The summed E-state index contributed by atoms with van der Waals surface area (Å²) in [5.74, 6) is 1.65. The average Bonchev–Trinajstić information content (AvgIpc) is 2.70. The van der Waals surface area contributed by atoms with Gasteiger partial charge in [-0.1, -0.05) is 32.1 Å². The molecule has 0 amide bonds. The van der Waals surface area contributed by atoms with E-state index >= 15 is 0 Å². The lowest BCUT2D eigenvalue weighted by Crippen LogP contribution is -2.47. The fraction of sp³-hybridized carbons (Fsp3) is 0.750. The monoisotopic (exact) mass is 302 g/mol. The van der Waals surface area contributed by atoms with Gasteiger partial charge in [-0.3, -0.25) is 4.79 Å². The van der Waals surface area contributed by atoms with E-state index in [0.717, 1.165) is 6.42 Å². The van der Waals surface area contributed by atoms with Gasteiger partial charge in [0.05, 0.1) is 0 Å². The number of ketones is 1. The van der Waals surface area contributed by atoms with Crippen molar-refractivity contribution in [2.24, 2.45) is 28.6 Å². The number of hydrogen-bond donors (Lipinski definition) is 1. The van der Waals surface area contributed by atoms with Crippen molar-refractivity contribution < 1.29 is 9.90 Å². The molecule has 3 aliphatic carbocycles. The van der Waals surface area contributed by atoms with Gasteiger partial charge < -0.3 is 5.11 Å². The summed E-state index contributed by atoms with van der Waals surface area (Å²) in [5, 5.41) is 10.4. The molecule has 3 rings (SSSR count). The lowest BCUT2D eigenvalue weighted by atomic mass is 9.51. The van der Waals surface area contributed by atoms with Crippen molar-refractivity contribution in [2.45, 2.75) is 65.4 Å². The number of carbonyl (C=O) groups excluding carboxylic acids is 1. The van der Waals surface area contributed by atoms with Crippen LogP contribution in [0.2, 0.25) is 0 Å². The summed E-state index contributed by atoms with van der Waals surface area (Å²) in [4.78, 5) is 12.4. The van der Waals surface area contributed by atoms with Crippen LogP contribution in [0.5, 0.6) is 0 Å². The minimum absolute atomic E-state index is 0.0106. The van der Waals surface area contributed by atoms with Gasteiger partial charge in [0, 0.05) is 6.42 Å². The molecule has 122 valence electrons. The van der Waals surface area contributed by atoms with Gasteiger partial charge in [0.2, 0.25) is 0 Å². The minimum Gasteiger partial charge on any atom is -0.378 e. The third-order valence-electron chi connectivity index (χ3n) is 7.19. The molecule has 2 nitrogen and oxygen atoms in total. The summed E-state index contributed by atoms with van der Waals surface area (Å²) in [6.07, 6.45) is 9.14. The van der Waals surface area contributed by atoms with Crippen LogP contribution in [0.1, 0.15) is 59.8 Å². The standard InChI is InChI=1S/C20H30O2/c1-13(2)14-6-10-19(4)15(14)7-9-18(3)12-17(21)20(5,22)11-8-16(18)19/h8,11,14-16,22H,1,6-7,9-10,12H2,2-5H3/t14-,15+,16-,18+,19+,20-/m0/s1. The number of allylic oxidation sites excluding steroid dienone is 2. The quantitative estimate of drug-likeness (QED) is 0.734. The predicted molar refractivity (Wildman–Crippen MR) is 89.4 cm³/mol. The van der Waals surface area contributed by atoms with E-state index in [4.69, 9.17) is 0 Å². The number of rotatable bonds is 1. The summed E-state index contributed by atoms with van der Waals surface area (Å²) in [6, 6.07) is 0. The smallest absolute Gasteiger partial charge is 0.168 e. The molecule has 2 heteroatoms. The lowest BCUT2D eigenvalue weighted by Gasteiger charge is -2.53. The SMILES string of the molecule is C=C(C)[C@@H]1CC[C@]2(C)[C@@H]1CC[C@]1(C)CC(=O)[C@@](C)(O)C=C[C@@H]12. The molecule has 0 bridgehead atoms. The van der Waals surface area contributed by atoms with Crippen molar-refractivity contribution >= 4 is 5.78 Å². The molecule has 0 aliphatic heterocycles. The average molecular weight is 302 g/mol. The Labute approximate surface area is 134 Å². The fourth-order valence-electron chi connectivity index (χ4n) is 5.83. The predicted octanol–water partition coefficient (Wildman–Crippen LogP) is 4.29. The molecule has 0 aromatic rings. The highest BCUT2D eigenvalue weighted by atomic mass is 16.3. The first-order valence-corrected chi connectivity index (χ1v) is 8.71. The summed E-state index contributed by atoms with van der Waals surface area (Å²) in [5.41, 5.74) is 0.244. The highest BCUT2D eigenvalue weighted by molar-refractivity contribution is 5.89. The summed E-state index contributed by atoms with van der Waals surface area (Å²) < 4.78 is 0. The Balaban J connectivity index is 2.02. The van der Waals surface area contributed by atoms with Crippen LogP contribution in [0.25, 0.3) is 0 Å². The van der Waals surface area contributed by atoms with E-state index in [1.165, 1.54) is 24.8 Å². The zero-order valence-electron chi connectivity index (χ0n) is 14.5. The van der Waals surface area contributed by atoms with Crippen LogP contribution in [-0.2, 0) is 4.79 Å². The van der Waals surface area contributed by atoms with Crippen molar-refractivity contribution in [3.63, 3.8) is 0 Å². The third kappa shape index (κ3) is 2.14. The maximum atomic E-state index is 12.4. The molecule has 0 aromatic carbocycles. The zero-order chi connectivity index (χ0) is 16.3. The van der Waals surface area contributed by atoms with Crippen LogP contribution in [0.4, 0.5) is 0 Å². The molecule has 0 heterocycles. The van der Waals surface area contributed by atoms with Crippen LogP contribution in [0.15, 0.2) is 24.3 Å². The maximum absolute atomic E-state index is 12.4. The molecular weight excluding hydrogens is 272 g/mol. The molecule has 22 heavy (non-hydrogen) atoms. The Morgan fingerprint density at radius 2 is 1.95 bits per heavy atom. The topological polar surface area (TPSA) is 37.3 Å². The van der Waals surface area contributed by atoms with E-state index in [2.05, 4.69) is 33.4 Å². The van der Waals surface area contributed by atoms with Crippen molar-refractivity contribution in [1.29, 1.82) is 0 Å². The molecule has 0 spiro atoms. The van der Waals surface area contributed by atoms with Crippen LogP contribution >= 0.6 is 0 Å². The minimum atomic E-state index is -1.29. The zero-order valence-corrected chi connectivity index (χ0v) is 14.5. The van der Waals surface area contributed by atoms with Gasteiger partial charge in [-0.2, -0.15) is 0 Å². The molecule has 0 unspecified atom stereocenters. The lowest BCUT2D eigenvalue weighted by molar-refractivity contribution is -0.136. The Bertz CT molecular complexity index is 544. The molecule has 6 atom stereocenters. The Hall–Kier alpha value is -0.890. The van der Waals surface area contributed by atoms with E-state index in [-0.39, 0.29) is 16.6 Å². The first-order chi connectivity index (χ1) is 10.1. The number of Topliss-reactive ketones (excluding diaryl/α,β-unsaturated/α-hetero) is 1. The van der Waals surface area contributed by atoms with E-state index in [0.29, 0.717) is 24.2 Å². The van der Waals surface area contributed by atoms with Crippen LogP contribution in [-0.4, -0.2) is 16.5 Å². The second-order valence-electron chi connectivity index (χ2n) is 8.88. The number of fused-ring (bicyclic) bond motifs is 3. The first-order valence-electron chi connectivity index (χ1n) is 8.71. The van der Waals surface area contributed by atoms with E-state index < -0.39 is 5.60 Å². The largest absolute Gasteiger partial charge is 0.378 e. The summed E-state index contributed by atoms with van der Waals surface area (Å²) in [6.45, 7) is 12.7. The molecule has 0 radical (unpaired) electrons. The molecule has 2 saturated carbocycles. The molecule has 3 aliphatic rings. The second kappa shape index (κ2) is 4.80. The van der Waals surface area contributed by atoms with Gasteiger partial charge in [-0.25, -0.2) is 0 Å². The number of aliphatic hydroxyl groups is 1. The third-order valence-corrected chi connectivity index (χ3v) is 7.19. The molecule has 2 fully saturated rings. The molecule has 0 saturated heterocycles. The van der Waals surface area contributed by atoms with Gasteiger partial charge in [-0.15, -0.1) is 0 Å². The normalized spacial score (nSPS) is 51.1. The fourth-order valence-corrected chi connectivity index (χ4v) is 5.83. The Morgan fingerprint density at radius 3 is 2.59 bits per heavy atom. The molecule has 0 aromatic heterocycles. The Morgan fingerprint density at radius 1 is 1.27 bits per heavy atom. The van der Waals surface area contributed by atoms with Gasteiger partial charge in [0.25, 0.3) is 0 Å². The highest BCUT2D eigenvalue weighted by Crippen LogP contribution is 2.65. The van der Waals surface area contributed by atoms with E-state index in [1.54, 1.807) is 13.0 Å². The summed E-state index contributed by atoms with van der Waals surface area (Å²) >= 11 is 0. The van der Waals surface area contributed by atoms with Crippen molar-refractivity contribution in [1.82, 2.24) is 0 Å². The van der Waals surface area contributed by atoms with Crippen molar-refractivity contribution in [3.05, 3.63) is 24.3 Å². The van der Waals surface area contributed by atoms with Crippen LogP contribution in [0.3, 0.4) is 0 Å². The first kappa shape index (κ1) is 16.0. The van der Waals surface area contributed by atoms with E-state index in [9.17, 15) is 9.90 Å². The van der Waals surface area contributed by atoms with Gasteiger partial charge in [0.15, 0.2) is 5.78 Å².